The van der Waals surface area contributed by atoms with Crippen LogP contribution < -0.4 is 10.5 Å². The van der Waals surface area contributed by atoms with E-state index in [0.29, 0.717) is 0 Å². The minimum Gasteiger partial charge on any atom is -0.479 e. The molecule has 0 aliphatic carbocycles. The number of carbonyl (C=O) groups excluding carboxylic acids is 1. The molecule has 17 heavy (non-hydrogen) atoms. The summed E-state index contributed by atoms with van der Waals surface area (Å²) in [5, 5.41) is 0. The van der Waals surface area contributed by atoms with Gasteiger partial charge in [0.15, 0.2) is 11.5 Å². The minimum atomic E-state index is -0.754. The van der Waals surface area contributed by atoms with Crippen molar-refractivity contribution < 1.29 is 9.53 Å². The number of nitrogens with zero attached hydrogens (tertiary/aromatic N) is 2. The van der Waals surface area contributed by atoms with Gasteiger partial charge in [-0.3, -0.25) is 4.79 Å². The van der Waals surface area contributed by atoms with Crippen molar-refractivity contribution >= 4 is 5.78 Å². The lowest BCUT2D eigenvalue weighted by molar-refractivity contribution is 0.0724. The first-order chi connectivity index (χ1) is 7.71. The van der Waals surface area contributed by atoms with Gasteiger partial charge in [0.1, 0.15) is 0 Å². The van der Waals surface area contributed by atoms with Crippen molar-refractivity contribution in [3.63, 3.8) is 0 Å². The maximum atomic E-state index is 12.4. The fourth-order valence-electron chi connectivity index (χ4n) is 1.22. The van der Waals surface area contributed by atoms with Gasteiger partial charge in [-0.25, -0.2) is 9.97 Å². The molecule has 5 heteroatoms. The molecule has 0 radical (unpaired) electrons. The van der Waals surface area contributed by atoms with Gasteiger partial charge in [0.2, 0.25) is 5.88 Å². The molecule has 94 valence electrons. The number of methoxy groups -OCH3 is 1. The summed E-state index contributed by atoms with van der Waals surface area (Å²) in [4.78, 5) is 20.4. The van der Waals surface area contributed by atoms with Crippen molar-refractivity contribution in [3.8, 4) is 5.88 Å². The number of carbonyl (C=O) groups is 1. The van der Waals surface area contributed by atoms with Crippen molar-refractivity contribution in [2.75, 3.05) is 7.11 Å². The highest BCUT2D eigenvalue weighted by Crippen LogP contribution is 2.33. The molecular formula is C12H19N3O2. The van der Waals surface area contributed by atoms with E-state index in [1.807, 2.05) is 13.8 Å². The Hall–Kier alpha value is -1.49. The summed E-state index contributed by atoms with van der Waals surface area (Å²) in [7, 11) is 1.46. The van der Waals surface area contributed by atoms with E-state index in [2.05, 4.69) is 9.97 Å². The van der Waals surface area contributed by atoms with Crippen molar-refractivity contribution in [2.45, 2.75) is 33.2 Å². The molecule has 0 fully saturated rings. The first kappa shape index (κ1) is 13.6. The number of hydrogen-bond donors (Lipinski definition) is 1. The quantitative estimate of drug-likeness (QED) is 0.801. The second-order valence-electron chi connectivity index (χ2n) is 5.09. The number of aromatic nitrogens is 2. The lowest BCUT2D eigenvalue weighted by Crippen LogP contribution is -2.52. The third-order valence-electron chi connectivity index (χ3n) is 3.25. The molecule has 0 amide bonds. The van der Waals surface area contributed by atoms with Crippen LogP contribution in [0.5, 0.6) is 5.88 Å². The average Bonchev–Trinajstić information content (AvgIpc) is 2.26. The molecule has 1 aromatic heterocycles. The Labute approximate surface area is 101 Å². The molecule has 0 saturated heterocycles. The van der Waals surface area contributed by atoms with Crippen molar-refractivity contribution in [1.82, 2.24) is 9.97 Å². The second kappa shape index (κ2) is 4.41. The number of nitrogens with two attached hydrogens (primary N) is 1. The van der Waals surface area contributed by atoms with Crippen LogP contribution in [0.1, 0.15) is 38.2 Å². The van der Waals surface area contributed by atoms with Gasteiger partial charge in [-0.05, 0) is 13.8 Å². The summed E-state index contributed by atoms with van der Waals surface area (Å²) in [6.07, 6.45) is 2.95. The first-order valence-corrected chi connectivity index (χ1v) is 5.40. The van der Waals surface area contributed by atoms with Crippen LogP contribution in [0.2, 0.25) is 0 Å². The summed E-state index contributed by atoms with van der Waals surface area (Å²) < 4.78 is 5.04. The molecule has 1 heterocycles. The van der Waals surface area contributed by atoms with E-state index >= 15 is 0 Å². The molecular weight excluding hydrogens is 218 g/mol. The van der Waals surface area contributed by atoms with E-state index in [4.69, 9.17) is 10.5 Å². The van der Waals surface area contributed by atoms with Gasteiger partial charge in [-0.15, -0.1) is 0 Å². The standard InChI is InChI=1S/C12H19N3O2/c1-11(2,12(3,4)13)9(16)8-10(17-5)15-7-6-14-8/h6-7H,13H2,1-5H3. The van der Waals surface area contributed by atoms with Crippen molar-refractivity contribution in [2.24, 2.45) is 11.1 Å². The van der Waals surface area contributed by atoms with Crippen molar-refractivity contribution in [1.29, 1.82) is 0 Å². The first-order valence-electron chi connectivity index (χ1n) is 5.40. The SMILES string of the molecule is COc1nccnc1C(=O)C(C)(C)C(C)(C)N. The van der Waals surface area contributed by atoms with Crippen LogP contribution in [0, 0.1) is 5.41 Å². The summed E-state index contributed by atoms with van der Waals surface area (Å²) in [6, 6.07) is 0. The number of Topliss-reactive ketones (excluding diaryl/α,β-unsaturated/α-hetero) is 1. The number of rotatable bonds is 4. The zero-order valence-corrected chi connectivity index (χ0v) is 10.9. The molecule has 0 spiro atoms. The molecule has 0 bridgehead atoms. The highest BCUT2D eigenvalue weighted by atomic mass is 16.5. The smallest absolute Gasteiger partial charge is 0.243 e. The monoisotopic (exact) mass is 237 g/mol. The van der Waals surface area contributed by atoms with E-state index < -0.39 is 11.0 Å². The summed E-state index contributed by atoms with van der Waals surface area (Å²) in [5.74, 6) is 0.0600. The van der Waals surface area contributed by atoms with E-state index in [1.54, 1.807) is 13.8 Å². The number of hydrogen-bond acceptors (Lipinski definition) is 5. The highest BCUT2D eigenvalue weighted by molar-refractivity contribution is 6.01. The molecule has 0 atom stereocenters. The third kappa shape index (κ3) is 2.44. The zero-order chi connectivity index (χ0) is 13.3. The fraction of sp³-hybridized carbons (Fsp3) is 0.583. The highest BCUT2D eigenvalue weighted by Gasteiger charge is 2.42. The van der Waals surface area contributed by atoms with Gasteiger partial charge < -0.3 is 10.5 Å². The van der Waals surface area contributed by atoms with Gasteiger partial charge >= 0.3 is 0 Å². The van der Waals surface area contributed by atoms with E-state index in [9.17, 15) is 4.79 Å². The lowest BCUT2D eigenvalue weighted by atomic mass is 9.71. The number of ketones is 1. The van der Waals surface area contributed by atoms with Gasteiger partial charge in [0, 0.05) is 23.3 Å². The summed E-state index contributed by atoms with van der Waals surface area (Å²) in [5.41, 5.74) is 4.84. The van der Waals surface area contributed by atoms with Gasteiger partial charge in [-0.2, -0.15) is 0 Å². The second-order valence-corrected chi connectivity index (χ2v) is 5.09. The molecule has 5 nitrogen and oxygen atoms in total. The molecule has 0 aliphatic heterocycles. The Bertz CT molecular complexity index is 422. The molecule has 1 rings (SSSR count). The average molecular weight is 237 g/mol. The molecule has 0 unspecified atom stereocenters. The van der Waals surface area contributed by atoms with Crippen molar-refractivity contribution in [3.05, 3.63) is 18.1 Å². The van der Waals surface area contributed by atoms with E-state index in [0.717, 1.165) is 0 Å². The molecule has 2 N–H and O–H groups in total. The Morgan fingerprint density at radius 3 is 2.24 bits per heavy atom. The topological polar surface area (TPSA) is 78.1 Å². The summed E-state index contributed by atoms with van der Waals surface area (Å²) in [6.45, 7) is 7.22. The number of ether oxygens (including phenoxy) is 1. The van der Waals surface area contributed by atoms with Crippen LogP contribution in [0.3, 0.4) is 0 Å². The molecule has 0 saturated carbocycles. The van der Waals surface area contributed by atoms with E-state index in [1.165, 1.54) is 19.5 Å². The maximum absolute atomic E-state index is 12.4. The Morgan fingerprint density at radius 1 is 1.24 bits per heavy atom. The summed E-state index contributed by atoms with van der Waals surface area (Å²) >= 11 is 0. The lowest BCUT2D eigenvalue weighted by Gasteiger charge is -2.36. The van der Waals surface area contributed by atoms with Gasteiger partial charge in [-0.1, -0.05) is 13.8 Å². The van der Waals surface area contributed by atoms with Crippen LogP contribution in [0.4, 0.5) is 0 Å². The maximum Gasteiger partial charge on any atom is 0.243 e. The Kier molecular flexibility index (Phi) is 3.52. The molecule has 0 aromatic carbocycles. The normalized spacial score (nSPS) is 12.4. The van der Waals surface area contributed by atoms with Gasteiger partial charge in [0.05, 0.1) is 7.11 Å². The zero-order valence-electron chi connectivity index (χ0n) is 10.9. The third-order valence-corrected chi connectivity index (χ3v) is 3.25. The molecule has 1 aromatic rings. The minimum absolute atomic E-state index is 0.171. The predicted octanol–water partition coefficient (Wildman–Crippen LogP) is 1.43. The van der Waals surface area contributed by atoms with Crippen LogP contribution in [-0.2, 0) is 0 Å². The Morgan fingerprint density at radius 2 is 1.76 bits per heavy atom. The van der Waals surface area contributed by atoms with Crippen LogP contribution in [-0.4, -0.2) is 28.4 Å². The van der Waals surface area contributed by atoms with Crippen LogP contribution >= 0.6 is 0 Å². The van der Waals surface area contributed by atoms with Gasteiger partial charge in [0.25, 0.3) is 0 Å². The fourth-order valence-corrected chi connectivity index (χ4v) is 1.22. The predicted molar refractivity (Wildman–Crippen MR) is 65.0 cm³/mol. The largest absolute Gasteiger partial charge is 0.479 e. The van der Waals surface area contributed by atoms with Crippen LogP contribution in [0.25, 0.3) is 0 Å². The molecule has 0 aliphatic rings. The van der Waals surface area contributed by atoms with E-state index in [-0.39, 0.29) is 17.4 Å². The Balaban J connectivity index is 3.22. The van der Waals surface area contributed by atoms with Crippen LogP contribution in [0.15, 0.2) is 12.4 Å².